The number of nitrogens with one attached hydrogen (secondary N) is 1. The highest BCUT2D eigenvalue weighted by molar-refractivity contribution is 8.00. The van der Waals surface area contributed by atoms with E-state index in [0.29, 0.717) is 23.9 Å². The Morgan fingerprint density at radius 2 is 1.84 bits per heavy atom. The third-order valence-corrected chi connectivity index (χ3v) is 8.54. The van der Waals surface area contributed by atoms with E-state index in [4.69, 9.17) is 14.6 Å². The molecule has 1 unspecified atom stereocenters. The number of thioether (sulfide) groups is 1. The van der Waals surface area contributed by atoms with Crippen molar-refractivity contribution in [3.05, 3.63) is 94.9 Å². The number of hydrogen-bond acceptors (Lipinski definition) is 7. The summed E-state index contributed by atoms with van der Waals surface area (Å²) in [7, 11) is 3.27. The maximum atomic E-state index is 14.0. The van der Waals surface area contributed by atoms with E-state index in [2.05, 4.69) is 31.1 Å². The lowest BCUT2D eigenvalue weighted by Gasteiger charge is -2.25. The first-order chi connectivity index (χ1) is 20.6. The first kappa shape index (κ1) is 30.2. The van der Waals surface area contributed by atoms with Crippen LogP contribution in [0.2, 0.25) is 0 Å². The topological polar surface area (TPSA) is 98.6 Å². The second-order valence-corrected chi connectivity index (χ2v) is 12.6. The fourth-order valence-corrected chi connectivity index (χ4v) is 6.42. The average molecular weight is 600 g/mol. The van der Waals surface area contributed by atoms with Crippen LogP contribution in [0.1, 0.15) is 54.0 Å². The number of anilines is 1. The average Bonchev–Trinajstić information content (AvgIpc) is 3.34. The summed E-state index contributed by atoms with van der Waals surface area (Å²) < 4.78 is 13.2. The molecule has 1 aliphatic rings. The molecule has 2 aromatic carbocycles. The molecule has 9 nitrogen and oxygen atoms in total. The zero-order chi connectivity index (χ0) is 30.7. The SMILES string of the molecule is COc1ccc(OC)c(C2SCC(=O)N(CC(=O)NCc3ccncc3)c3c2c(C(C)(C)C)nn3-c2cccc(C)c2)c1. The summed E-state index contributed by atoms with van der Waals surface area (Å²) in [6.07, 6.45) is 3.37. The first-order valence-electron chi connectivity index (χ1n) is 14.1. The number of pyridine rings is 1. The molecule has 2 amide bonds. The molecule has 0 fully saturated rings. The lowest BCUT2D eigenvalue weighted by molar-refractivity contribution is -0.123. The van der Waals surface area contributed by atoms with Crippen LogP contribution in [0.25, 0.3) is 5.69 Å². The molecule has 0 radical (unpaired) electrons. The predicted octanol–water partition coefficient (Wildman–Crippen LogP) is 5.38. The molecule has 0 spiro atoms. The molecule has 3 heterocycles. The van der Waals surface area contributed by atoms with Gasteiger partial charge >= 0.3 is 0 Å². The van der Waals surface area contributed by atoms with E-state index >= 15 is 0 Å². The molecule has 1 N–H and O–H groups in total. The number of carbonyl (C=O) groups is 2. The van der Waals surface area contributed by atoms with Crippen LogP contribution in [0.15, 0.2) is 67.0 Å². The van der Waals surface area contributed by atoms with Crippen molar-refractivity contribution in [3.8, 4) is 17.2 Å². The van der Waals surface area contributed by atoms with Crippen molar-refractivity contribution < 1.29 is 19.1 Å². The first-order valence-corrected chi connectivity index (χ1v) is 15.2. The van der Waals surface area contributed by atoms with Crippen molar-refractivity contribution in [1.29, 1.82) is 0 Å². The number of methoxy groups -OCH3 is 2. The number of fused-ring (bicyclic) bond motifs is 1. The highest BCUT2D eigenvalue weighted by Crippen LogP contribution is 2.51. The largest absolute Gasteiger partial charge is 0.497 e. The van der Waals surface area contributed by atoms with E-state index in [0.717, 1.165) is 33.6 Å². The number of carbonyl (C=O) groups excluding carboxylic acids is 2. The molecule has 0 saturated carbocycles. The summed E-state index contributed by atoms with van der Waals surface area (Å²) >= 11 is 1.50. The Kier molecular flexibility index (Phi) is 8.77. The third kappa shape index (κ3) is 6.39. The number of ether oxygens (including phenoxy) is 2. The van der Waals surface area contributed by atoms with E-state index in [9.17, 15) is 9.59 Å². The minimum absolute atomic E-state index is 0.152. The van der Waals surface area contributed by atoms with E-state index in [1.54, 1.807) is 31.5 Å². The van der Waals surface area contributed by atoms with Crippen LogP contribution in [0.4, 0.5) is 5.82 Å². The number of hydrogen-bond donors (Lipinski definition) is 1. The number of aryl methyl sites for hydroxylation is 1. The van der Waals surface area contributed by atoms with Crippen molar-refractivity contribution in [1.82, 2.24) is 20.1 Å². The molecule has 43 heavy (non-hydrogen) atoms. The number of aromatic nitrogens is 3. The molecule has 0 aliphatic carbocycles. The predicted molar refractivity (Wildman–Crippen MR) is 169 cm³/mol. The van der Waals surface area contributed by atoms with Crippen LogP contribution in [0, 0.1) is 6.92 Å². The maximum absolute atomic E-state index is 14.0. The number of rotatable bonds is 8. The van der Waals surface area contributed by atoms with Gasteiger partial charge in [-0.15, -0.1) is 11.8 Å². The fraction of sp³-hybridized carbons (Fsp3) is 0.333. The second kappa shape index (κ2) is 12.5. The van der Waals surface area contributed by atoms with Gasteiger partial charge in [0.2, 0.25) is 11.8 Å². The zero-order valence-electron chi connectivity index (χ0n) is 25.4. The minimum Gasteiger partial charge on any atom is -0.497 e. The fourth-order valence-electron chi connectivity index (χ4n) is 5.20. The van der Waals surface area contributed by atoms with Crippen LogP contribution < -0.4 is 19.7 Å². The summed E-state index contributed by atoms with van der Waals surface area (Å²) in [6.45, 7) is 8.53. The maximum Gasteiger partial charge on any atom is 0.240 e. The van der Waals surface area contributed by atoms with Crippen LogP contribution in [0.3, 0.4) is 0 Å². The standard InChI is InChI=1S/C33H37N5O4S/c1-21-8-7-9-23(16-21)38-32-29(31(36-38)33(2,3)4)30(25-17-24(41-5)10-11-26(25)42-6)43-20-28(40)37(32)19-27(39)35-18-22-12-14-34-15-13-22/h7-17,30H,18-20H2,1-6H3,(H,35,39). The molecule has 4 aromatic rings. The monoisotopic (exact) mass is 599 g/mol. The molecule has 5 rings (SSSR count). The molecular formula is C33H37N5O4S. The van der Waals surface area contributed by atoms with E-state index in [1.165, 1.54) is 11.8 Å². The van der Waals surface area contributed by atoms with Gasteiger partial charge in [-0.25, -0.2) is 4.68 Å². The second-order valence-electron chi connectivity index (χ2n) is 11.5. The van der Waals surface area contributed by atoms with Crippen LogP contribution in [-0.2, 0) is 21.5 Å². The van der Waals surface area contributed by atoms with Crippen molar-refractivity contribution in [2.45, 2.75) is 44.9 Å². The molecule has 10 heteroatoms. The molecule has 1 aliphatic heterocycles. The summed E-state index contributed by atoms with van der Waals surface area (Å²) in [5.74, 6) is 1.67. The van der Waals surface area contributed by atoms with Gasteiger partial charge in [-0.1, -0.05) is 32.9 Å². The van der Waals surface area contributed by atoms with Gasteiger partial charge in [0.15, 0.2) is 0 Å². The van der Waals surface area contributed by atoms with Crippen LogP contribution in [-0.4, -0.2) is 53.1 Å². The number of nitrogens with zero attached hydrogens (tertiary/aromatic N) is 4. The summed E-state index contributed by atoms with van der Waals surface area (Å²) in [5, 5.41) is 7.82. The third-order valence-electron chi connectivity index (χ3n) is 7.31. The molecule has 2 aromatic heterocycles. The van der Waals surface area contributed by atoms with Gasteiger partial charge in [0.1, 0.15) is 23.9 Å². The summed E-state index contributed by atoms with van der Waals surface area (Å²) in [4.78, 5) is 33.0. The Morgan fingerprint density at radius 3 is 2.51 bits per heavy atom. The van der Waals surface area contributed by atoms with Gasteiger partial charge in [-0.3, -0.25) is 19.5 Å². The van der Waals surface area contributed by atoms with Crippen LogP contribution in [0.5, 0.6) is 11.5 Å². The van der Waals surface area contributed by atoms with E-state index < -0.39 is 0 Å². The van der Waals surface area contributed by atoms with Crippen molar-refractivity contribution in [3.63, 3.8) is 0 Å². The Balaban J connectivity index is 1.70. The molecule has 1 atom stereocenters. The van der Waals surface area contributed by atoms with Gasteiger partial charge in [-0.05, 0) is 60.5 Å². The summed E-state index contributed by atoms with van der Waals surface area (Å²) in [5.41, 5.74) is 4.99. The quantitative estimate of drug-likeness (QED) is 0.291. The normalized spacial score (nSPS) is 15.1. The Morgan fingerprint density at radius 1 is 1.07 bits per heavy atom. The van der Waals surface area contributed by atoms with E-state index in [1.807, 2.05) is 66.2 Å². The molecule has 0 saturated heterocycles. The molecular weight excluding hydrogens is 562 g/mol. The Labute approximate surface area is 256 Å². The molecule has 0 bridgehead atoms. The zero-order valence-corrected chi connectivity index (χ0v) is 26.2. The van der Waals surface area contributed by atoms with E-state index in [-0.39, 0.29) is 34.8 Å². The smallest absolute Gasteiger partial charge is 0.240 e. The van der Waals surface area contributed by atoms with Crippen molar-refractivity contribution >= 4 is 29.4 Å². The Hall–Kier alpha value is -4.31. The highest BCUT2D eigenvalue weighted by atomic mass is 32.2. The van der Waals surface area contributed by atoms with Crippen LogP contribution >= 0.6 is 11.8 Å². The van der Waals surface area contributed by atoms with Gasteiger partial charge in [0.25, 0.3) is 0 Å². The van der Waals surface area contributed by atoms with Gasteiger partial charge in [0, 0.05) is 35.5 Å². The minimum atomic E-state index is -0.382. The lowest BCUT2D eigenvalue weighted by Crippen LogP contribution is -2.42. The van der Waals surface area contributed by atoms with Crippen molar-refractivity contribution in [2.75, 3.05) is 31.4 Å². The lowest BCUT2D eigenvalue weighted by atomic mass is 9.87. The van der Waals surface area contributed by atoms with Gasteiger partial charge in [-0.2, -0.15) is 5.10 Å². The molecule has 224 valence electrons. The highest BCUT2D eigenvalue weighted by Gasteiger charge is 2.40. The number of benzene rings is 2. The van der Waals surface area contributed by atoms with Crippen molar-refractivity contribution in [2.24, 2.45) is 0 Å². The van der Waals surface area contributed by atoms with Gasteiger partial charge < -0.3 is 14.8 Å². The number of amides is 2. The van der Waals surface area contributed by atoms with Gasteiger partial charge in [0.05, 0.1) is 36.6 Å². The Bertz CT molecular complexity index is 1630. The summed E-state index contributed by atoms with van der Waals surface area (Å²) in [6, 6.07) is 17.4.